The van der Waals surface area contributed by atoms with Gasteiger partial charge in [0.1, 0.15) is 0 Å². The van der Waals surface area contributed by atoms with Crippen LogP contribution in [0.5, 0.6) is 0 Å². The van der Waals surface area contributed by atoms with Crippen molar-refractivity contribution in [3.05, 3.63) is 34.4 Å². The summed E-state index contributed by atoms with van der Waals surface area (Å²) in [6.07, 6.45) is 0. The Morgan fingerprint density at radius 1 is 1.50 bits per heavy atom. The Morgan fingerprint density at radius 3 is 2.62 bits per heavy atom. The van der Waals surface area contributed by atoms with E-state index in [1.165, 1.54) is 25.1 Å². The second kappa shape index (κ2) is 4.80. The lowest BCUT2D eigenvalue weighted by atomic mass is 10.3. The van der Waals surface area contributed by atoms with Gasteiger partial charge in [0, 0.05) is 18.0 Å². The Hall–Kier alpha value is -1.14. The van der Waals surface area contributed by atoms with Crippen LogP contribution in [-0.2, 0) is 9.84 Å². The molecule has 0 saturated carbocycles. The van der Waals surface area contributed by atoms with E-state index >= 15 is 0 Å². The van der Waals surface area contributed by atoms with Crippen molar-refractivity contribution in [1.82, 2.24) is 0 Å². The number of non-ortho nitro benzene ring substituents is 1. The standard InChI is InChI=1S/C9H10ClNO4S/c1-7(6-10)16(14,15)9-4-2-3-8(5-9)11(12)13/h2-5,7H,6H2,1H3. The average molecular weight is 264 g/mol. The van der Waals surface area contributed by atoms with Gasteiger partial charge in [-0.15, -0.1) is 11.6 Å². The van der Waals surface area contributed by atoms with Crippen molar-refractivity contribution in [3.8, 4) is 0 Å². The largest absolute Gasteiger partial charge is 0.270 e. The third-order valence-electron chi connectivity index (χ3n) is 2.10. The molecule has 16 heavy (non-hydrogen) atoms. The summed E-state index contributed by atoms with van der Waals surface area (Å²) in [5, 5.41) is 9.74. The molecule has 0 aliphatic carbocycles. The second-order valence-corrected chi connectivity index (χ2v) is 5.94. The first-order valence-corrected chi connectivity index (χ1v) is 6.52. The van der Waals surface area contributed by atoms with E-state index in [1.54, 1.807) is 0 Å². The van der Waals surface area contributed by atoms with Crippen molar-refractivity contribution in [2.75, 3.05) is 5.88 Å². The van der Waals surface area contributed by atoms with E-state index in [1.807, 2.05) is 0 Å². The Bertz CT molecular complexity index is 500. The predicted molar refractivity (Wildman–Crippen MR) is 60.5 cm³/mol. The molecule has 0 radical (unpaired) electrons. The fraction of sp³-hybridized carbons (Fsp3) is 0.333. The molecule has 1 aromatic carbocycles. The molecular weight excluding hydrogens is 254 g/mol. The van der Waals surface area contributed by atoms with E-state index in [0.717, 1.165) is 6.07 Å². The Morgan fingerprint density at radius 2 is 2.12 bits per heavy atom. The van der Waals surface area contributed by atoms with Crippen LogP contribution in [-0.4, -0.2) is 24.5 Å². The predicted octanol–water partition coefficient (Wildman–Crippen LogP) is 2.00. The number of hydrogen-bond donors (Lipinski definition) is 0. The first kappa shape index (κ1) is 12.9. The number of sulfone groups is 1. The van der Waals surface area contributed by atoms with E-state index in [0.29, 0.717) is 0 Å². The first-order valence-electron chi connectivity index (χ1n) is 4.44. The number of nitro groups is 1. The zero-order valence-electron chi connectivity index (χ0n) is 8.46. The van der Waals surface area contributed by atoms with Crippen molar-refractivity contribution in [2.24, 2.45) is 0 Å². The Balaban J connectivity index is 3.24. The highest BCUT2D eigenvalue weighted by Gasteiger charge is 2.24. The molecule has 7 heteroatoms. The molecule has 1 unspecified atom stereocenters. The zero-order valence-corrected chi connectivity index (χ0v) is 10.0. The molecule has 0 bridgehead atoms. The lowest BCUT2D eigenvalue weighted by Crippen LogP contribution is -2.19. The van der Waals surface area contributed by atoms with Gasteiger partial charge in [-0.25, -0.2) is 8.42 Å². The van der Waals surface area contributed by atoms with Crippen molar-refractivity contribution in [3.63, 3.8) is 0 Å². The van der Waals surface area contributed by atoms with Crippen LogP contribution in [0.25, 0.3) is 0 Å². The third kappa shape index (κ3) is 2.51. The van der Waals surface area contributed by atoms with Crippen LogP contribution in [0.15, 0.2) is 29.2 Å². The molecule has 1 rings (SSSR count). The van der Waals surface area contributed by atoms with Crippen LogP contribution in [0.1, 0.15) is 6.92 Å². The summed E-state index contributed by atoms with van der Waals surface area (Å²) in [5.74, 6) is -0.0506. The fourth-order valence-corrected chi connectivity index (χ4v) is 2.77. The monoisotopic (exact) mass is 263 g/mol. The van der Waals surface area contributed by atoms with E-state index in [9.17, 15) is 18.5 Å². The van der Waals surface area contributed by atoms with Gasteiger partial charge in [0.25, 0.3) is 5.69 Å². The topological polar surface area (TPSA) is 77.3 Å². The third-order valence-corrected chi connectivity index (χ3v) is 4.89. The molecular formula is C9H10ClNO4S. The quantitative estimate of drug-likeness (QED) is 0.473. The highest BCUT2D eigenvalue weighted by Crippen LogP contribution is 2.21. The minimum absolute atomic E-state index is 0.0506. The van der Waals surface area contributed by atoms with Gasteiger partial charge < -0.3 is 0 Å². The zero-order chi connectivity index (χ0) is 12.3. The van der Waals surface area contributed by atoms with Gasteiger partial charge >= 0.3 is 0 Å². The molecule has 1 aromatic rings. The molecule has 0 N–H and O–H groups in total. The first-order chi connectivity index (χ1) is 7.39. The lowest BCUT2D eigenvalue weighted by molar-refractivity contribution is -0.385. The molecule has 0 heterocycles. The number of benzene rings is 1. The summed E-state index contributed by atoms with van der Waals surface area (Å²) >= 11 is 5.48. The van der Waals surface area contributed by atoms with Gasteiger partial charge in [-0.3, -0.25) is 10.1 Å². The summed E-state index contributed by atoms with van der Waals surface area (Å²) < 4.78 is 23.7. The van der Waals surface area contributed by atoms with E-state index in [4.69, 9.17) is 11.6 Å². The van der Waals surface area contributed by atoms with Crippen LogP contribution in [0.3, 0.4) is 0 Å². The van der Waals surface area contributed by atoms with Crippen molar-refractivity contribution < 1.29 is 13.3 Å². The molecule has 0 saturated heterocycles. The highest BCUT2D eigenvalue weighted by molar-refractivity contribution is 7.92. The molecule has 0 aliphatic rings. The molecule has 1 atom stereocenters. The maximum absolute atomic E-state index is 11.8. The Kier molecular flexibility index (Phi) is 3.88. The smallest absolute Gasteiger partial charge is 0.258 e. The molecule has 5 nitrogen and oxygen atoms in total. The lowest BCUT2D eigenvalue weighted by Gasteiger charge is -2.09. The molecule has 0 amide bonds. The summed E-state index contributed by atoms with van der Waals surface area (Å²) in [5.41, 5.74) is -0.247. The number of hydrogen-bond acceptors (Lipinski definition) is 4. The molecule has 0 aromatic heterocycles. The number of nitro benzene ring substituents is 1. The van der Waals surface area contributed by atoms with Crippen LogP contribution in [0.2, 0.25) is 0 Å². The summed E-state index contributed by atoms with van der Waals surface area (Å²) in [4.78, 5) is 9.80. The van der Waals surface area contributed by atoms with Crippen molar-refractivity contribution in [2.45, 2.75) is 17.1 Å². The van der Waals surface area contributed by atoms with Gasteiger partial charge in [-0.2, -0.15) is 0 Å². The summed E-state index contributed by atoms with van der Waals surface area (Å²) in [6, 6.07) is 4.94. The average Bonchev–Trinajstić information content (AvgIpc) is 2.28. The number of rotatable bonds is 4. The highest BCUT2D eigenvalue weighted by atomic mass is 35.5. The van der Waals surface area contributed by atoms with Gasteiger partial charge in [-0.1, -0.05) is 6.07 Å². The van der Waals surface area contributed by atoms with Gasteiger partial charge in [0.05, 0.1) is 15.1 Å². The van der Waals surface area contributed by atoms with E-state index in [-0.39, 0.29) is 16.5 Å². The maximum atomic E-state index is 11.8. The normalized spacial score (nSPS) is 13.4. The van der Waals surface area contributed by atoms with Crippen LogP contribution in [0.4, 0.5) is 5.69 Å². The molecule has 88 valence electrons. The summed E-state index contributed by atoms with van der Waals surface area (Å²) in [7, 11) is -3.58. The fourth-order valence-electron chi connectivity index (χ4n) is 1.09. The molecule has 0 spiro atoms. The van der Waals surface area contributed by atoms with E-state index < -0.39 is 20.0 Å². The van der Waals surface area contributed by atoms with Crippen molar-refractivity contribution in [1.29, 1.82) is 0 Å². The maximum Gasteiger partial charge on any atom is 0.270 e. The Labute approximate surface area is 98.1 Å². The molecule has 0 aliphatic heterocycles. The number of halogens is 1. The number of alkyl halides is 1. The SMILES string of the molecule is CC(CCl)S(=O)(=O)c1cccc([N+](=O)[O-])c1. The van der Waals surface area contributed by atoms with E-state index in [2.05, 4.69) is 0 Å². The van der Waals surface area contributed by atoms with Crippen LogP contribution in [0, 0.1) is 10.1 Å². The summed E-state index contributed by atoms with van der Waals surface area (Å²) in [6.45, 7) is 1.46. The van der Waals surface area contributed by atoms with Gasteiger partial charge in [-0.05, 0) is 13.0 Å². The van der Waals surface area contributed by atoms with Crippen LogP contribution >= 0.6 is 11.6 Å². The van der Waals surface area contributed by atoms with Gasteiger partial charge in [0.2, 0.25) is 0 Å². The molecule has 0 fully saturated rings. The minimum atomic E-state index is -3.58. The van der Waals surface area contributed by atoms with Crippen molar-refractivity contribution >= 4 is 27.1 Å². The second-order valence-electron chi connectivity index (χ2n) is 3.26. The minimum Gasteiger partial charge on any atom is -0.258 e. The number of nitrogens with zero attached hydrogens (tertiary/aromatic N) is 1. The van der Waals surface area contributed by atoms with Crippen LogP contribution < -0.4 is 0 Å². The van der Waals surface area contributed by atoms with Gasteiger partial charge in [0.15, 0.2) is 9.84 Å².